The fourth-order valence-electron chi connectivity index (χ4n) is 3.68. The van der Waals surface area contributed by atoms with E-state index in [4.69, 9.17) is 9.84 Å². The molecule has 1 amide bonds. The van der Waals surface area contributed by atoms with Crippen LogP contribution in [0.1, 0.15) is 53.4 Å². The smallest absolute Gasteiger partial charge is 0.336 e. The predicted molar refractivity (Wildman–Crippen MR) is 87.8 cm³/mol. The number of hydrogen-bond acceptors (Lipinski definition) is 4. The van der Waals surface area contributed by atoms with Gasteiger partial charge in [-0.05, 0) is 43.9 Å². The maximum Gasteiger partial charge on any atom is 0.336 e. The Morgan fingerprint density at radius 1 is 1.33 bits per heavy atom. The molecule has 6 heteroatoms. The molecule has 1 aliphatic heterocycles. The molecule has 1 saturated carbocycles. The number of nitrogens with one attached hydrogen (secondary N) is 1. The SMILES string of the molecule is CC1=C(C(=O)O[C@H]2C[C@@H](C(C)C)CC[C@@H]2C)[C@@H](CC(=O)O)C(=O)N1. The van der Waals surface area contributed by atoms with E-state index in [1.807, 2.05) is 0 Å². The summed E-state index contributed by atoms with van der Waals surface area (Å²) in [5, 5.41) is 11.5. The molecule has 2 rings (SSSR count). The first-order valence-electron chi connectivity index (χ1n) is 8.65. The summed E-state index contributed by atoms with van der Waals surface area (Å²) in [4.78, 5) is 35.5. The highest BCUT2D eigenvalue weighted by Crippen LogP contribution is 2.36. The molecule has 2 N–H and O–H groups in total. The molecular weight excluding hydrogens is 310 g/mol. The van der Waals surface area contributed by atoms with E-state index in [9.17, 15) is 14.4 Å². The van der Waals surface area contributed by atoms with E-state index < -0.39 is 30.2 Å². The number of carbonyl (C=O) groups is 3. The highest BCUT2D eigenvalue weighted by molar-refractivity contribution is 6.03. The van der Waals surface area contributed by atoms with Gasteiger partial charge in [0, 0.05) is 5.70 Å². The third-order valence-electron chi connectivity index (χ3n) is 5.34. The molecule has 0 aromatic heterocycles. The number of carboxylic acid groups (broad SMARTS) is 1. The van der Waals surface area contributed by atoms with Gasteiger partial charge in [-0.3, -0.25) is 9.59 Å². The van der Waals surface area contributed by atoms with Crippen LogP contribution < -0.4 is 5.32 Å². The van der Waals surface area contributed by atoms with Gasteiger partial charge in [-0.15, -0.1) is 0 Å². The molecule has 4 atom stereocenters. The molecule has 6 nitrogen and oxygen atoms in total. The Morgan fingerprint density at radius 2 is 2.00 bits per heavy atom. The molecule has 24 heavy (non-hydrogen) atoms. The summed E-state index contributed by atoms with van der Waals surface area (Å²) in [6.07, 6.45) is 2.38. The minimum atomic E-state index is -1.11. The van der Waals surface area contributed by atoms with Crippen molar-refractivity contribution in [2.75, 3.05) is 0 Å². The fourth-order valence-corrected chi connectivity index (χ4v) is 3.68. The summed E-state index contributed by atoms with van der Waals surface area (Å²) < 4.78 is 5.72. The topological polar surface area (TPSA) is 92.7 Å². The van der Waals surface area contributed by atoms with Gasteiger partial charge in [0.15, 0.2) is 0 Å². The van der Waals surface area contributed by atoms with Crippen molar-refractivity contribution in [3.8, 4) is 0 Å². The van der Waals surface area contributed by atoms with Crippen molar-refractivity contribution < 1.29 is 24.2 Å². The lowest BCUT2D eigenvalue weighted by Gasteiger charge is -2.35. The first-order chi connectivity index (χ1) is 11.2. The van der Waals surface area contributed by atoms with Crippen LogP contribution >= 0.6 is 0 Å². The van der Waals surface area contributed by atoms with Crippen LogP contribution in [0.3, 0.4) is 0 Å². The standard InChI is InChI=1S/C18H27NO5/c1-9(2)12-6-5-10(3)14(7-12)24-18(23)16-11(4)19-17(22)13(16)8-15(20)21/h9-10,12-14H,5-8H2,1-4H3,(H,19,22)(H,20,21)/t10-,12-,13+,14-/m0/s1. The molecule has 0 spiro atoms. The summed E-state index contributed by atoms with van der Waals surface area (Å²) >= 11 is 0. The van der Waals surface area contributed by atoms with Gasteiger partial charge in [0.25, 0.3) is 0 Å². The first kappa shape index (κ1) is 18.5. The van der Waals surface area contributed by atoms with E-state index in [0.717, 1.165) is 19.3 Å². The predicted octanol–water partition coefficient (Wildman–Crippen LogP) is 2.49. The third kappa shape index (κ3) is 3.97. The Hall–Kier alpha value is -1.85. The lowest BCUT2D eigenvalue weighted by atomic mass is 9.76. The summed E-state index contributed by atoms with van der Waals surface area (Å²) in [6, 6.07) is 0. The number of esters is 1. The monoisotopic (exact) mass is 337 g/mol. The van der Waals surface area contributed by atoms with E-state index in [0.29, 0.717) is 17.5 Å². The highest BCUT2D eigenvalue weighted by Gasteiger charge is 2.40. The zero-order valence-electron chi connectivity index (χ0n) is 14.8. The van der Waals surface area contributed by atoms with Gasteiger partial charge in [0.05, 0.1) is 17.9 Å². The average molecular weight is 337 g/mol. The van der Waals surface area contributed by atoms with Crippen LogP contribution in [0, 0.1) is 23.7 Å². The van der Waals surface area contributed by atoms with Crippen molar-refractivity contribution in [2.45, 2.75) is 59.5 Å². The molecule has 0 unspecified atom stereocenters. The Bertz CT molecular complexity index is 566. The quantitative estimate of drug-likeness (QED) is 0.752. The van der Waals surface area contributed by atoms with Crippen molar-refractivity contribution in [1.82, 2.24) is 5.32 Å². The van der Waals surface area contributed by atoms with Crippen molar-refractivity contribution in [3.05, 3.63) is 11.3 Å². The van der Waals surface area contributed by atoms with Gasteiger partial charge in [-0.2, -0.15) is 0 Å². The van der Waals surface area contributed by atoms with Crippen molar-refractivity contribution in [3.63, 3.8) is 0 Å². The number of allylic oxidation sites excluding steroid dienone is 1. The third-order valence-corrected chi connectivity index (χ3v) is 5.34. The van der Waals surface area contributed by atoms with Gasteiger partial charge in [-0.1, -0.05) is 20.8 Å². The summed E-state index contributed by atoms with van der Waals surface area (Å²) in [5.41, 5.74) is 0.571. The number of ether oxygens (including phenoxy) is 1. The van der Waals surface area contributed by atoms with E-state index in [-0.39, 0.29) is 17.6 Å². The summed E-state index contributed by atoms with van der Waals surface area (Å²) in [5.74, 6) is -1.75. The first-order valence-corrected chi connectivity index (χ1v) is 8.65. The van der Waals surface area contributed by atoms with Crippen LogP contribution in [0.2, 0.25) is 0 Å². The minimum absolute atomic E-state index is 0.168. The highest BCUT2D eigenvalue weighted by atomic mass is 16.5. The number of carbonyl (C=O) groups excluding carboxylic acids is 2. The van der Waals surface area contributed by atoms with Crippen molar-refractivity contribution >= 4 is 17.8 Å². The van der Waals surface area contributed by atoms with E-state index >= 15 is 0 Å². The molecule has 1 heterocycles. The lowest BCUT2D eigenvalue weighted by molar-refractivity contribution is -0.151. The summed E-state index contributed by atoms with van der Waals surface area (Å²) in [7, 11) is 0. The molecule has 0 aromatic rings. The zero-order valence-corrected chi connectivity index (χ0v) is 14.8. The molecule has 0 saturated heterocycles. The number of rotatable bonds is 5. The Morgan fingerprint density at radius 3 is 2.58 bits per heavy atom. The van der Waals surface area contributed by atoms with Gasteiger partial charge in [0.1, 0.15) is 6.10 Å². The van der Waals surface area contributed by atoms with Crippen LogP contribution in [0.15, 0.2) is 11.3 Å². The maximum absolute atomic E-state index is 12.6. The van der Waals surface area contributed by atoms with E-state index in [2.05, 4.69) is 26.1 Å². The fraction of sp³-hybridized carbons (Fsp3) is 0.722. The minimum Gasteiger partial charge on any atom is -0.481 e. The van der Waals surface area contributed by atoms with Crippen LogP contribution in [0.25, 0.3) is 0 Å². The van der Waals surface area contributed by atoms with Gasteiger partial charge < -0.3 is 15.2 Å². The Kier molecular flexibility index (Phi) is 5.67. The molecule has 1 fully saturated rings. The Balaban J connectivity index is 2.11. The Labute approximate surface area is 142 Å². The zero-order chi connectivity index (χ0) is 18.0. The second-order valence-corrected chi connectivity index (χ2v) is 7.42. The number of hydrogen-bond donors (Lipinski definition) is 2. The van der Waals surface area contributed by atoms with Crippen LogP contribution in [0.5, 0.6) is 0 Å². The number of carboxylic acids is 1. The van der Waals surface area contributed by atoms with Crippen LogP contribution in [-0.2, 0) is 19.1 Å². The second-order valence-electron chi connectivity index (χ2n) is 7.42. The molecule has 0 radical (unpaired) electrons. The average Bonchev–Trinajstić information content (AvgIpc) is 2.74. The molecule has 2 aliphatic rings. The van der Waals surface area contributed by atoms with E-state index in [1.54, 1.807) is 6.92 Å². The van der Waals surface area contributed by atoms with Crippen LogP contribution in [0.4, 0.5) is 0 Å². The number of aliphatic carboxylic acids is 1. The second kappa shape index (κ2) is 7.36. The molecule has 1 aliphatic carbocycles. The normalized spacial score (nSPS) is 30.5. The van der Waals surface area contributed by atoms with Crippen molar-refractivity contribution in [2.24, 2.45) is 23.7 Å². The van der Waals surface area contributed by atoms with E-state index in [1.165, 1.54) is 0 Å². The molecule has 0 bridgehead atoms. The molecular formula is C18H27NO5. The largest absolute Gasteiger partial charge is 0.481 e. The van der Waals surface area contributed by atoms with Gasteiger partial charge in [0.2, 0.25) is 5.91 Å². The van der Waals surface area contributed by atoms with Crippen molar-refractivity contribution in [1.29, 1.82) is 0 Å². The number of amides is 1. The summed E-state index contributed by atoms with van der Waals surface area (Å²) in [6.45, 7) is 8.03. The van der Waals surface area contributed by atoms with Gasteiger partial charge in [-0.25, -0.2) is 4.79 Å². The van der Waals surface area contributed by atoms with Gasteiger partial charge >= 0.3 is 11.9 Å². The maximum atomic E-state index is 12.6. The lowest BCUT2D eigenvalue weighted by Crippen LogP contribution is -2.35. The molecule has 134 valence electrons. The molecule has 0 aromatic carbocycles. The van der Waals surface area contributed by atoms with Crippen LogP contribution in [-0.4, -0.2) is 29.1 Å².